The summed E-state index contributed by atoms with van der Waals surface area (Å²) in [6.07, 6.45) is 6.10. The predicted octanol–water partition coefficient (Wildman–Crippen LogP) is 3.04. The zero-order valence-electron chi connectivity index (χ0n) is 8.75. The SMILES string of the molecule is CCCC(C)C(=O)C1CC2CC2C1. The Balaban J connectivity index is 1.82. The third-order valence-electron chi connectivity index (χ3n) is 3.85. The molecule has 0 amide bonds. The summed E-state index contributed by atoms with van der Waals surface area (Å²) in [4.78, 5) is 11.9. The van der Waals surface area contributed by atoms with Crippen LogP contribution in [0.25, 0.3) is 0 Å². The highest BCUT2D eigenvalue weighted by molar-refractivity contribution is 5.83. The molecule has 2 aliphatic carbocycles. The van der Waals surface area contributed by atoms with Crippen LogP contribution in [0.2, 0.25) is 0 Å². The monoisotopic (exact) mass is 180 g/mol. The van der Waals surface area contributed by atoms with Crippen LogP contribution >= 0.6 is 0 Å². The molecule has 0 heterocycles. The third-order valence-corrected chi connectivity index (χ3v) is 3.85. The van der Waals surface area contributed by atoms with E-state index in [-0.39, 0.29) is 0 Å². The smallest absolute Gasteiger partial charge is 0.138 e. The van der Waals surface area contributed by atoms with Crippen molar-refractivity contribution in [2.45, 2.75) is 46.0 Å². The summed E-state index contributed by atoms with van der Waals surface area (Å²) in [5.74, 6) is 3.23. The molecule has 13 heavy (non-hydrogen) atoms. The lowest BCUT2D eigenvalue weighted by molar-refractivity contribution is -0.126. The molecule has 3 atom stereocenters. The second-order valence-corrected chi connectivity index (χ2v) is 5.02. The Morgan fingerprint density at radius 2 is 1.92 bits per heavy atom. The van der Waals surface area contributed by atoms with Gasteiger partial charge >= 0.3 is 0 Å². The van der Waals surface area contributed by atoms with Gasteiger partial charge in [0.05, 0.1) is 0 Å². The molecule has 0 spiro atoms. The van der Waals surface area contributed by atoms with E-state index in [4.69, 9.17) is 0 Å². The maximum atomic E-state index is 11.9. The van der Waals surface area contributed by atoms with E-state index in [2.05, 4.69) is 13.8 Å². The number of hydrogen-bond donors (Lipinski definition) is 0. The van der Waals surface area contributed by atoms with Gasteiger partial charge in [-0.15, -0.1) is 0 Å². The van der Waals surface area contributed by atoms with Crippen LogP contribution in [0.3, 0.4) is 0 Å². The van der Waals surface area contributed by atoms with Crippen molar-refractivity contribution in [1.82, 2.24) is 0 Å². The van der Waals surface area contributed by atoms with Gasteiger partial charge in [0.15, 0.2) is 0 Å². The van der Waals surface area contributed by atoms with Crippen molar-refractivity contribution in [3.8, 4) is 0 Å². The fourth-order valence-electron chi connectivity index (χ4n) is 2.92. The Hall–Kier alpha value is -0.330. The van der Waals surface area contributed by atoms with Gasteiger partial charge in [0.1, 0.15) is 5.78 Å². The van der Waals surface area contributed by atoms with E-state index >= 15 is 0 Å². The zero-order chi connectivity index (χ0) is 9.42. The fourth-order valence-corrected chi connectivity index (χ4v) is 2.92. The molecule has 2 saturated carbocycles. The summed E-state index contributed by atoms with van der Waals surface area (Å²) in [6.45, 7) is 4.27. The van der Waals surface area contributed by atoms with Crippen LogP contribution in [-0.4, -0.2) is 5.78 Å². The van der Waals surface area contributed by atoms with Crippen LogP contribution in [-0.2, 0) is 4.79 Å². The standard InChI is InChI=1S/C12H20O/c1-3-4-8(2)12(13)11-6-9-5-10(9)7-11/h8-11H,3-7H2,1-2H3. The number of Topliss-reactive ketones (excluding diaryl/α,β-unsaturated/α-hetero) is 1. The molecule has 1 nitrogen and oxygen atoms in total. The first kappa shape index (κ1) is 9.23. The van der Waals surface area contributed by atoms with Crippen LogP contribution in [0.4, 0.5) is 0 Å². The zero-order valence-corrected chi connectivity index (χ0v) is 8.75. The van der Waals surface area contributed by atoms with E-state index in [0.29, 0.717) is 17.6 Å². The summed E-state index contributed by atoms with van der Waals surface area (Å²) in [6, 6.07) is 0. The van der Waals surface area contributed by atoms with Crippen molar-refractivity contribution in [2.75, 3.05) is 0 Å². The minimum Gasteiger partial charge on any atom is -0.299 e. The molecule has 3 unspecified atom stereocenters. The normalized spacial score (nSPS) is 38.5. The Kier molecular flexibility index (Phi) is 2.44. The second kappa shape index (κ2) is 3.43. The average Bonchev–Trinajstić information content (AvgIpc) is 2.73. The van der Waals surface area contributed by atoms with Gasteiger partial charge in [-0.05, 0) is 37.5 Å². The van der Waals surface area contributed by atoms with Crippen LogP contribution in [0, 0.1) is 23.7 Å². The number of fused-ring (bicyclic) bond motifs is 1. The maximum absolute atomic E-state index is 11.9. The molecule has 2 aliphatic rings. The molecule has 0 aromatic rings. The van der Waals surface area contributed by atoms with Crippen molar-refractivity contribution in [2.24, 2.45) is 23.7 Å². The number of carbonyl (C=O) groups excluding carboxylic acids is 1. The lowest BCUT2D eigenvalue weighted by Crippen LogP contribution is -2.20. The van der Waals surface area contributed by atoms with Gasteiger partial charge in [-0.3, -0.25) is 4.79 Å². The van der Waals surface area contributed by atoms with Gasteiger partial charge in [-0.25, -0.2) is 0 Å². The van der Waals surface area contributed by atoms with E-state index in [1.165, 1.54) is 19.3 Å². The molecule has 0 aliphatic heterocycles. The molecule has 0 bridgehead atoms. The van der Waals surface area contributed by atoms with Crippen molar-refractivity contribution < 1.29 is 4.79 Å². The fraction of sp³-hybridized carbons (Fsp3) is 0.917. The summed E-state index contributed by atoms with van der Waals surface area (Å²) in [7, 11) is 0. The van der Waals surface area contributed by atoms with Gasteiger partial charge < -0.3 is 0 Å². The Morgan fingerprint density at radius 3 is 2.46 bits per heavy atom. The summed E-state index contributed by atoms with van der Waals surface area (Å²) >= 11 is 0. The van der Waals surface area contributed by atoms with Gasteiger partial charge in [0.25, 0.3) is 0 Å². The largest absolute Gasteiger partial charge is 0.299 e. The molecule has 74 valence electrons. The van der Waals surface area contributed by atoms with E-state index in [1.54, 1.807) is 0 Å². The highest BCUT2D eigenvalue weighted by Gasteiger charge is 2.48. The second-order valence-electron chi connectivity index (χ2n) is 5.02. The Morgan fingerprint density at radius 1 is 1.31 bits per heavy atom. The number of hydrogen-bond acceptors (Lipinski definition) is 1. The van der Waals surface area contributed by atoms with E-state index in [0.717, 1.165) is 24.7 Å². The summed E-state index contributed by atoms with van der Waals surface area (Å²) in [5.41, 5.74) is 0. The molecular weight excluding hydrogens is 160 g/mol. The topological polar surface area (TPSA) is 17.1 Å². The third kappa shape index (κ3) is 1.79. The molecule has 0 saturated heterocycles. The van der Waals surface area contributed by atoms with E-state index in [9.17, 15) is 4.79 Å². The van der Waals surface area contributed by atoms with Crippen LogP contribution in [0.15, 0.2) is 0 Å². The van der Waals surface area contributed by atoms with E-state index in [1.807, 2.05) is 0 Å². The number of rotatable bonds is 4. The average molecular weight is 180 g/mol. The molecule has 1 heteroatoms. The lowest BCUT2D eigenvalue weighted by atomic mass is 9.88. The summed E-state index contributed by atoms with van der Waals surface area (Å²) < 4.78 is 0. The molecule has 0 aromatic heterocycles. The molecule has 0 aromatic carbocycles. The maximum Gasteiger partial charge on any atom is 0.138 e. The minimum absolute atomic E-state index is 0.326. The molecule has 2 rings (SSSR count). The first-order valence-electron chi connectivity index (χ1n) is 5.76. The molecular formula is C12H20O. The van der Waals surface area contributed by atoms with Crippen LogP contribution < -0.4 is 0 Å². The predicted molar refractivity (Wildman–Crippen MR) is 53.4 cm³/mol. The van der Waals surface area contributed by atoms with Gasteiger partial charge in [-0.1, -0.05) is 20.3 Å². The summed E-state index contributed by atoms with van der Waals surface area (Å²) in [5, 5.41) is 0. The van der Waals surface area contributed by atoms with Gasteiger partial charge in [-0.2, -0.15) is 0 Å². The van der Waals surface area contributed by atoms with Crippen molar-refractivity contribution in [3.63, 3.8) is 0 Å². The van der Waals surface area contributed by atoms with Crippen LogP contribution in [0.5, 0.6) is 0 Å². The number of ketones is 1. The lowest BCUT2D eigenvalue weighted by Gasteiger charge is -2.15. The Labute approximate surface area is 80.9 Å². The van der Waals surface area contributed by atoms with Crippen molar-refractivity contribution >= 4 is 5.78 Å². The van der Waals surface area contributed by atoms with Crippen LogP contribution in [0.1, 0.15) is 46.0 Å². The van der Waals surface area contributed by atoms with Crippen molar-refractivity contribution in [3.05, 3.63) is 0 Å². The number of carbonyl (C=O) groups is 1. The molecule has 2 fully saturated rings. The Bertz CT molecular complexity index is 199. The van der Waals surface area contributed by atoms with Gasteiger partial charge in [0.2, 0.25) is 0 Å². The van der Waals surface area contributed by atoms with Gasteiger partial charge in [0, 0.05) is 11.8 Å². The first-order chi connectivity index (χ1) is 6.22. The molecule has 0 N–H and O–H groups in total. The first-order valence-corrected chi connectivity index (χ1v) is 5.76. The quantitative estimate of drug-likeness (QED) is 0.650. The minimum atomic E-state index is 0.326. The van der Waals surface area contributed by atoms with Crippen molar-refractivity contribution in [1.29, 1.82) is 0 Å². The highest BCUT2D eigenvalue weighted by Crippen LogP contribution is 2.54. The molecule has 0 radical (unpaired) electrons. The highest BCUT2D eigenvalue weighted by atomic mass is 16.1. The van der Waals surface area contributed by atoms with E-state index < -0.39 is 0 Å².